The number of amides is 1. The number of rotatable bonds is 2. The average molecular weight is 364 g/mol. The van der Waals surface area contributed by atoms with E-state index in [-0.39, 0.29) is 12.0 Å². The first-order valence-corrected chi connectivity index (χ1v) is 9.63. The molecule has 1 amide bonds. The zero-order valence-electron chi connectivity index (χ0n) is 15.5. The molecule has 0 aliphatic carbocycles. The van der Waals surface area contributed by atoms with Gasteiger partial charge >= 0.3 is 0 Å². The van der Waals surface area contributed by atoms with E-state index in [0.29, 0.717) is 11.6 Å². The molecule has 1 aromatic heterocycles. The molecule has 0 bridgehead atoms. The van der Waals surface area contributed by atoms with Gasteiger partial charge in [0.2, 0.25) is 0 Å². The molecule has 4 heterocycles. The van der Waals surface area contributed by atoms with Gasteiger partial charge in [0.15, 0.2) is 0 Å². The standard InChI is InChI=1S/C21H24N4O2/c1-23-10-11-27-19-14-24(13-18(19)23)20-7-6-16(12-22-20)21(26)25-9-8-15-4-2-3-5-17(15)25/h2-7,12,18-19H,8-11,13-14H2,1H3. The molecule has 6 heteroatoms. The number of fused-ring (bicyclic) bond motifs is 2. The zero-order valence-corrected chi connectivity index (χ0v) is 15.5. The molecule has 140 valence electrons. The second kappa shape index (κ2) is 6.62. The summed E-state index contributed by atoms with van der Waals surface area (Å²) in [5.41, 5.74) is 2.90. The molecule has 6 nitrogen and oxygen atoms in total. The van der Waals surface area contributed by atoms with Crippen molar-refractivity contribution in [2.75, 3.05) is 49.6 Å². The van der Waals surface area contributed by atoms with Crippen molar-refractivity contribution in [1.29, 1.82) is 0 Å². The molecule has 2 fully saturated rings. The highest BCUT2D eigenvalue weighted by molar-refractivity contribution is 6.07. The Hall–Kier alpha value is -2.44. The van der Waals surface area contributed by atoms with Crippen molar-refractivity contribution in [3.63, 3.8) is 0 Å². The molecule has 0 spiro atoms. The topological polar surface area (TPSA) is 48.9 Å². The van der Waals surface area contributed by atoms with E-state index in [2.05, 4.69) is 27.9 Å². The van der Waals surface area contributed by atoms with Crippen LogP contribution in [0.15, 0.2) is 42.6 Å². The highest BCUT2D eigenvalue weighted by Crippen LogP contribution is 2.29. The van der Waals surface area contributed by atoms with Gasteiger partial charge in [-0.1, -0.05) is 18.2 Å². The molecule has 2 aromatic rings. The first kappa shape index (κ1) is 16.7. The van der Waals surface area contributed by atoms with Gasteiger partial charge in [0.1, 0.15) is 5.82 Å². The lowest BCUT2D eigenvalue weighted by Gasteiger charge is -2.33. The monoisotopic (exact) mass is 364 g/mol. The maximum Gasteiger partial charge on any atom is 0.259 e. The summed E-state index contributed by atoms with van der Waals surface area (Å²) in [6.07, 6.45) is 2.87. The Balaban J connectivity index is 1.32. The van der Waals surface area contributed by atoms with Crippen LogP contribution in [0.4, 0.5) is 11.5 Å². The van der Waals surface area contributed by atoms with E-state index >= 15 is 0 Å². The van der Waals surface area contributed by atoms with Crippen LogP contribution in [0, 0.1) is 0 Å². The summed E-state index contributed by atoms with van der Waals surface area (Å²) >= 11 is 0. The van der Waals surface area contributed by atoms with Crippen molar-refractivity contribution < 1.29 is 9.53 Å². The summed E-state index contributed by atoms with van der Waals surface area (Å²) in [6, 6.07) is 12.4. The van der Waals surface area contributed by atoms with Gasteiger partial charge in [0.05, 0.1) is 24.3 Å². The van der Waals surface area contributed by atoms with Crippen molar-refractivity contribution in [3.8, 4) is 0 Å². The molecule has 5 rings (SSSR count). The number of aromatic nitrogens is 1. The predicted octanol–water partition coefficient (Wildman–Crippen LogP) is 1.80. The number of hydrogen-bond donors (Lipinski definition) is 0. The van der Waals surface area contributed by atoms with E-state index in [0.717, 1.165) is 50.7 Å². The van der Waals surface area contributed by atoms with Crippen LogP contribution in [0.25, 0.3) is 0 Å². The van der Waals surface area contributed by atoms with Crippen molar-refractivity contribution >= 4 is 17.4 Å². The fourth-order valence-corrected chi connectivity index (χ4v) is 4.45. The molecule has 2 saturated heterocycles. The smallest absolute Gasteiger partial charge is 0.259 e. The summed E-state index contributed by atoms with van der Waals surface area (Å²) in [6.45, 7) is 4.28. The number of carbonyl (C=O) groups is 1. The fraction of sp³-hybridized carbons (Fsp3) is 0.429. The largest absolute Gasteiger partial charge is 0.373 e. The summed E-state index contributed by atoms with van der Waals surface area (Å²) in [5, 5.41) is 0. The van der Waals surface area contributed by atoms with Gasteiger partial charge in [-0.15, -0.1) is 0 Å². The summed E-state index contributed by atoms with van der Waals surface area (Å²) in [7, 11) is 2.16. The lowest BCUT2D eigenvalue weighted by Crippen LogP contribution is -2.48. The zero-order chi connectivity index (χ0) is 18.4. The molecule has 27 heavy (non-hydrogen) atoms. The Morgan fingerprint density at radius 3 is 2.85 bits per heavy atom. The Labute approximate surface area is 159 Å². The second-order valence-corrected chi connectivity index (χ2v) is 7.60. The molecule has 3 aliphatic heterocycles. The third kappa shape index (κ3) is 2.89. The van der Waals surface area contributed by atoms with Gasteiger partial charge in [-0.25, -0.2) is 4.98 Å². The molecule has 0 radical (unpaired) electrons. The molecule has 1 aromatic carbocycles. The number of para-hydroxylation sites is 1. The maximum atomic E-state index is 12.9. The third-order valence-electron chi connectivity index (χ3n) is 6.03. The second-order valence-electron chi connectivity index (χ2n) is 7.60. The summed E-state index contributed by atoms with van der Waals surface area (Å²) < 4.78 is 5.91. The predicted molar refractivity (Wildman–Crippen MR) is 104 cm³/mol. The maximum absolute atomic E-state index is 12.9. The molecule has 0 saturated carbocycles. The van der Waals surface area contributed by atoms with Crippen molar-refractivity contribution in [2.24, 2.45) is 0 Å². The van der Waals surface area contributed by atoms with E-state index in [1.54, 1.807) is 6.20 Å². The Morgan fingerprint density at radius 2 is 2.04 bits per heavy atom. The third-order valence-corrected chi connectivity index (χ3v) is 6.03. The van der Waals surface area contributed by atoms with E-state index in [1.165, 1.54) is 5.56 Å². The van der Waals surface area contributed by atoms with Crippen LogP contribution >= 0.6 is 0 Å². The Kier molecular flexibility index (Phi) is 4.10. The van der Waals surface area contributed by atoms with E-state index in [1.807, 2.05) is 35.2 Å². The highest BCUT2D eigenvalue weighted by atomic mass is 16.5. The van der Waals surface area contributed by atoms with Gasteiger partial charge < -0.3 is 14.5 Å². The first-order chi connectivity index (χ1) is 13.2. The molecule has 2 unspecified atom stereocenters. The van der Waals surface area contributed by atoms with E-state index < -0.39 is 0 Å². The SMILES string of the molecule is CN1CCOC2CN(c3ccc(C(=O)N4CCc5ccccc54)cn3)CC21. The van der Waals surface area contributed by atoms with Crippen LogP contribution in [-0.2, 0) is 11.2 Å². The number of ether oxygens (including phenoxy) is 1. The average Bonchev–Trinajstić information content (AvgIpc) is 3.33. The molecular weight excluding hydrogens is 340 g/mol. The van der Waals surface area contributed by atoms with E-state index in [4.69, 9.17) is 4.74 Å². The minimum atomic E-state index is 0.0251. The molecular formula is C21H24N4O2. The van der Waals surface area contributed by atoms with Gasteiger partial charge in [-0.05, 0) is 37.2 Å². The Morgan fingerprint density at radius 1 is 1.15 bits per heavy atom. The fourth-order valence-electron chi connectivity index (χ4n) is 4.45. The van der Waals surface area contributed by atoms with Crippen molar-refractivity contribution in [2.45, 2.75) is 18.6 Å². The quantitative estimate of drug-likeness (QED) is 0.813. The van der Waals surface area contributed by atoms with Crippen LogP contribution in [-0.4, -0.2) is 67.8 Å². The number of anilines is 2. The molecule has 3 aliphatic rings. The van der Waals surface area contributed by atoms with Crippen LogP contribution < -0.4 is 9.80 Å². The number of carbonyl (C=O) groups excluding carboxylic acids is 1. The van der Waals surface area contributed by atoms with Gasteiger partial charge in [0, 0.05) is 38.1 Å². The van der Waals surface area contributed by atoms with Crippen LogP contribution in [0.3, 0.4) is 0 Å². The summed E-state index contributed by atoms with van der Waals surface area (Å²) in [4.78, 5) is 24.0. The molecule has 2 atom stereocenters. The lowest BCUT2D eigenvalue weighted by atomic mass is 10.1. The minimum absolute atomic E-state index is 0.0251. The summed E-state index contributed by atoms with van der Waals surface area (Å²) in [5.74, 6) is 0.942. The van der Waals surface area contributed by atoms with Crippen molar-refractivity contribution in [1.82, 2.24) is 9.88 Å². The Bertz CT molecular complexity index is 854. The van der Waals surface area contributed by atoms with Gasteiger partial charge in [0.25, 0.3) is 5.91 Å². The number of likely N-dealkylation sites (N-methyl/N-ethyl adjacent to an activating group) is 1. The van der Waals surface area contributed by atoms with Crippen LogP contribution in [0.2, 0.25) is 0 Å². The van der Waals surface area contributed by atoms with Gasteiger partial charge in [-0.2, -0.15) is 0 Å². The van der Waals surface area contributed by atoms with Gasteiger partial charge in [-0.3, -0.25) is 9.69 Å². The number of nitrogens with zero attached hydrogens (tertiary/aromatic N) is 4. The van der Waals surface area contributed by atoms with Crippen molar-refractivity contribution in [3.05, 3.63) is 53.7 Å². The first-order valence-electron chi connectivity index (χ1n) is 9.63. The number of morpholine rings is 1. The lowest BCUT2D eigenvalue weighted by molar-refractivity contribution is -0.0362. The van der Waals surface area contributed by atoms with E-state index in [9.17, 15) is 4.79 Å². The van der Waals surface area contributed by atoms with Crippen LogP contribution in [0.1, 0.15) is 15.9 Å². The number of pyridine rings is 1. The molecule has 0 N–H and O–H groups in total. The van der Waals surface area contributed by atoms with Crippen LogP contribution in [0.5, 0.6) is 0 Å². The number of hydrogen-bond acceptors (Lipinski definition) is 5. The highest BCUT2D eigenvalue weighted by Gasteiger charge is 2.39. The normalized spacial score (nSPS) is 24.8. The number of benzene rings is 1. The minimum Gasteiger partial charge on any atom is -0.373 e.